The Morgan fingerprint density at radius 3 is 1.70 bits per heavy atom. The molecule has 278 valence electrons. The lowest BCUT2D eigenvalue weighted by Gasteiger charge is -2.11. The molecule has 6 heterocycles. The van der Waals surface area contributed by atoms with Crippen molar-refractivity contribution in [2.24, 2.45) is 5.73 Å². The molecule has 3 N–H and O–H groups in total. The van der Waals surface area contributed by atoms with Crippen LogP contribution < -0.4 is 5.73 Å². The maximum Gasteiger partial charge on any atom is 0.256 e. The zero-order valence-electron chi connectivity index (χ0n) is 28.6. The Kier molecular flexibility index (Phi) is 9.89. The summed E-state index contributed by atoms with van der Waals surface area (Å²) in [5.41, 5.74) is 10.1. The number of carbonyl (C=O) groups excluding carboxylic acids is 1. The van der Waals surface area contributed by atoms with Crippen LogP contribution in [0.5, 0.6) is 5.75 Å². The normalized spacial score (nSPS) is 11.1. The van der Waals surface area contributed by atoms with E-state index in [4.69, 9.17) is 5.73 Å². The molecule has 15 nitrogen and oxygen atoms in total. The van der Waals surface area contributed by atoms with Gasteiger partial charge in [-0.2, -0.15) is 20.7 Å². The summed E-state index contributed by atoms with van der Waals surface area (Å²) < 4.78 is 57.7. The van der Waals surface area contributed by atoms with Crippen LogP contribution >= 0.6 is 0 Å². The molecule has 8 rings (SSSR count). The van der Waals surface area contributed by atoms with Gasteiger partial charge in [-0.15, -0.1) is 0 Å². The van der Waals surface area contributed by atoms with E-state index in [0.717, 1.165) is 0 Å². The van der Waals surface area contributed by atoms with Gasteiger partial charge >= 0.3 is 0 Å². The summed E-state index contributed by atoms with van der Waals surface area (Å²) in [6.45, 7) is -1.16. The predicted molar refractivity (Wildman–Crippen MR) is 191 cm³/mol. The monoisotopic (exact) mass is 759 g/mol. The van der Waals surface area contributed by atoms with Gasteiger partial charge in [0.2, 0.25) is 5.91 Å². The highest BCUT2D eigenvalue weighted by molar-refractivity contribution is 6.00. The number of amides is 1. The van der Waals surface area contributed by atoms with Crippen molar-refractivity contribution in [1.29, 1.82) is 10.5 Å². The Bertz CT molecular complexity index is 2810. The Balaban J connectivity index is 0.000000172. The number of imidazole rings is 4. The van der Waals surface area contributed by atoms with E-state index < -0.39 is 31.8 Å². The van der Waals surface area contributed by atoms with E-state index in [9.17, 15) is 38.0 Å². The van der Waals surface area contributed by atoms with Crippen LogP contribution in [-0.2, 0) is 13.1 Å². The van der Waals surface area contributed by atoms with E-state index in [-0.39, 0.29) is 34.1 Å². The molecular weight excluding hydrogens is 734 g/mol. The van der Waals surface area contributed by atoms with Crippen LogP contribution in [0.1, 0.15) is 21.7 Å². The van der Waals surface area contributed by atoms with Crippen LogP contribution in [0.3, 0.4) is 0 Å². The number of primary amides is 1. The first-order valence-corrected chi connectivity index (χ1v) is 16.4. The highest BCUT2D eigenvalue weighted by atomic mass is 19.3. The topological polar surface area (TPSA) is 207 Å². The summed E-state index contributed by atoms with van der Waals surface area (Å²) in [6.07, 6.45) is 0.148. The van der Waals surface area contributed by atoms with E-state index in [0.29, 0.717) is 45.2 Å². The first-order chi connectivity index (χ1) is 27.1. The number of halogens is 4. The second kappa shape index (κ2) is 15.2. The number of carbonyl (C=O) groups is 1. The fourth-order valence-corrected chi connectivity index (χ4v) is 5.96. The van der Waals surface area contributed by atoms with E-state index in [1.54, 1.807) is 54.6 Å². The van der Waals surface area contributed by atoms with Gasteiger partial charge in [-0.25, -0.2) is 46.5 Å². The van der Waals surface area contributed by atoms with Gasteiger partial charge in [0.25, 0.3) is 12.9 Å². The van der Waals surface area contributed by atoms with Crippen LogP contribution in [-0.4, -0.2) is 72.2 Å². The summed E-state index contributed by atoms with van der Waals surface area (Å²) in [5, 5.41) is 36.7. The molecule has 0 radical (unpaired) electrons. The molecule has 2 aromatic carbocycles. The second-order valence-corrected chi connectivity index (χ2v) is 11.9. The second-order valence-electron chi connectivity index (χ2n) is 11.9. The summed E-state index contributed by atoms with van der Waals surface area (Å²) in [5.74, 6) is -0.580. The molecule has 0 saturated carbocycles. The summed E-state index contributed by atoms with van der Waals surface area (Å²) in [6, 6.07) is 23.3. The third-order valence-corrected chi connectivity index (χ3v) is 8.37. The molecule has 0 fully saturated rings. The van der Waals surface area contributed by atoms with Crippen LogP contribution in [0.15, 0.2) is 97.8 Å². The average molecular weight is 760 g/mol. The number of aromatic hydroxyl groups is 1. The zero-order chi connectivity index (χ0) is 39.5. The molecule has 0 unspecified atom stereocenters. The molecule has 1 amide bonds. The number of benzene rings is 2. The first-order valence-electron chi connectivity index (χ1n) is 16.4. The van der Waals surface area contributed by atoms with Crippen LogP contribution in [0, 0.1) is 22.7 Å². The number of fused-ring (bicyclic) bond motifs is 2. The molecule has 19 heteroatoms. The number of hydrogen-bond acceptors (Lipinski definition) is 10. The van der Waals surface area contributed by atoms with Gasteiger partial charge in [-0.3, -0.25) is 4.79 Å². The molecule has 6 aromatic heterocycles. The fraction of sp³-hybridized carbons (Fsp3) is 0.108. The first kappa shape index (κ1) is 36.4. The predicted octanol–water partition coefficient (Wildman–Crippen LogP) is 5.60. The van der Waals surface area contributed by atoms with E-state index in [1.807, 2.05) is 12.1 Å². The van der Waals surface area contributed by atoms with Gasteiger partial charge in [-0.05, 0) is 54.6 Å². The van der Waals surface area contributed by atoms with E-state index in [1.165, 1.54) is 61.4 Å². The molecule has 0 aliphatic rings. The SMILES string of the molecule is N#Cc1cnc2ccc(-c3c(-c4ccc(O)cc4)ncn3CC(F)F)nn12.N#Cc1cnc2ccc(-c3c(-c4ccccc4C(N)=O)ncn3CC(F)F)nn12. The third kappa shape index (κ3) is 7.07. The fourth-order valence-electron chi connectivity index (χ4n) is 5.96. The Morgan fingerprint density at radius 2 is 1.20 bits per heavy atom. The van der Waals surface area contributed by atoms with Crippen molar-refractivity contribution in [2.45, 2.75) is 25.9 Å². The minimum Gasteiger partial charge on any atom is -0.508 e. The number of nitrogens with two attached hydrogens (primary N) is 1. The number of alkyl halides is 4. The molecule has 0 saturated heterocycles. The smallest absolute Gasteiger partial charge is 0.256 e. The largest absolute Gasteiger partial charge is 0.508 e. The minimum absolute atomic E-state index is 0.0870. The summed E-state index contributed by atoms with van der Waals surface area (Å²) >= 11 is 0. The summed E-state index contributed by atoms with van der Waals surface area (Å²) in [7, 11) is 0. The van der Waals surface area contributed by atoms with E-state index >= 15 is 0 Å². The number of aromatic nitrogens is 10. The molecular formula is C37H25F4N13O2. The van der Waals surface area contributed by atoms with Crippen molar-refractivity contribution in [3.05, 3.63) is 115 Å². The number of phenols is 1. The number of nitriles is 2. The van der Waals surface area contributed by atoms with Gasteiger partial charge in [0.1, 0.15) is 29.3 Å². The van der Waals surface area contributed by atoms with Crippen molar-refractivity contribution >= 4 is 17.2 Å². The van der Waals surface area contributed by atoms with Gasteiger partial charge in [0.15, 0.2) is 22.7 Å². The summed E-state index contributed by atoms with van der Waals surface area (Å²) in [4.78, 5) is 28.5. The van der Waals surface area contributed by atoms with Crippen molar-refractivity contribution in [3.8, 4) is 63.2 Å². The maximum atomic E-state index is 13.2. The van der Waals surface area contributed by atoms with Gasteiger partial charge < -0.3 is 20.0 Å². The Hall–Kier alpha value is -7.93. The lowest BCUT2D eigenvalue weighted by Crippen LogP contribution is -2.13. The van der Waals surface area contributed by atoms with E-state index in [2.05, 4.69) is 30.1 Å². The minimum atomic E-state index is -2.63. The standard InChI is InChI=1S/C19H13F2N7O.C18H12F2N6O/c20-15(21)9-27-10-25-17(12-3-1-2-4-13(12)19(23)29)18(27)14-5-6-16-24-8-11(7-22)28(16)26-14;19-15(20)9-25-10-23-17(11-1-3-13(27)4-2-11)18(25)14-5-6-16-22-8-12(7-21)26(16)24-14/h1-6,8,10,15H,9H2,(H2,23,29);1-6,8,10,15,27H,9H2. The van der Waals surface area contributed by atoms with Crippen molar-refractivity contribution < 1.29 is 27.5 Å². The number of hydrogen-bond donors (Lipinski definition) is 2. The average Bonchev–Trinajstić information content (AvgIpc) is 3.99. The van der Waals surface area contributed by atoms with Gasteiger partial charge in [0.05, 0.1) is 60.9 Å². The highest BCUT2D eigenvalue weighted by Gasteiger charge is 2.23. The quantitative estimate of drug-likeness (QED) is 0.174. The molecule has 0 aliphatic heterocycles. The molecule has 0 spiro atoms. The number of rotatable bonds is 9. The van der Waals surface area contributed by atoms with Crippen LogP contribution in [0.25, 0.3) is 56.6 Å². The zero-order valence-corrected chi connectivity index (χ0v) is 28.6. The lowest BCUT2D eigenvalue weighted by atomic mass is 10.0. The maximum absolute atomic E-state index is 13.2. The lowest BCUT2D eigenvalue weighted by molar-refractivity contribution is 0.100. The Labute approximate surface area is 312 Å². The molecule has 0 bridgehead atoms. The molecule has 56 heavy (non-hydrogen) atoms. The van der Waals surface area contributed by atoms with Gasteiger partial charge in [0, 0.05) is 16.7 Å². The van der Waals surface area contributed by atoms with Crippen molar-refractivity contribution in [2.75, 3.05) is 0 Å². The van der Waals surface area contributed by atoms with Crippen molar-refractivity contribution in [1.82, 2.24) is 48.3 Å². The third-order valence-electron chi connectivity index (χ3n) is 8.37. The van der Waals surface area contributed by atoms with Gasteiger partial charge in [-0.1, -0.05) is 18.2 Å². The van der Waals surface area contributed by atoms with Crippen LogP contribution in [0.4, 0.5) is 17.6 Å². The van der Waals surface area contributed by atoms with Crippen molar-refractivity contribution in [3.63, 3.8) is 0 Å². The molecule has 0 aliphatic carbocycles. The number of phenolic OH excluding ortho intramolecular Hbond substituents is 1. The van der Waals surface area contributed by atoms with Crippen LogP contribution in [0.2, 0.25) is 0 Å². The Morgan fingerprint density at radius 1 is 0.696 bits per heavy atom. The molecule has 0 atom stereocenters. The number of nitrogens with zero attached hydrogens (tertiary/aromatic N) is 12. The highest BCUT2D eigenvalue weighted by Crippen LogP contribution is 2.34. The molecule has 8 aromatic rings.